The maximum atomic E-state index is 13.3. The summed E-state index contributed by atoms with van der Waals surface area (Å²) in [5.74, 6) is -0.829. The number of likely N-dealkylation sites (tertiary alicyclic amines) is 1. The molecule has 1 saturated heterocycles. The first-order valence-corrected chi connectivity index (χ1v) is 11.1. The largest absolute Gasteiger partial charge is 0.507 e. The Morgan fingerprint density at radius 3 is 2.38 bits per heavy atom. The molecule has 0 bridgehead atoms. The Labute approximate surface area is 198 Å². The van der Waals surface area contributed by atoms with Crippen LogP contribution in [-0.4, -0.2) is 38.8 Å². The average Bonchev–Trinajstić information content (AvgIpc) is 3.09. The third-order valence-corrected chi connectivity index (χ3v) is 6.02. The highest BCUT2D eigenvalue weighted by Crippen LogP contribution is 2.41. The zero-order valence-corrected chi connectivity index (χ0v) is 19.6. The molecule has 1 atom stereocenters. The van der Waals surface area contributed by atoms with Gasteiger partial charge in [0.2, 0.25) is 0 Å². The van der Waals surface area contributed by atoms with E-state index in [0.29, 0.717) is 22.7 Å². The third-order valence-electron chi connectivity index (χ3n) is 6.02. The molecule has 7 nitrogen and oxygen atoms in total. The minimum absolute atomic E-state index is 0.0163. The van der Waals surface area contributed by atoms with Gasteiger partial charge in [-0.15, -0.1) is 0 Å². The molecule has 1 N–H and O–H groups in total. The summed E-state index contributed by atoms with van der Waals surface area (Å²) < 4.78 is 5.52. The van der Waals surface area contributed by atoms with Crippen molar-refractivity contribution in [2.24, 2.45) is 0 Å². The van der Waals surface area contributed by atoms with Crippen LogP contribution in [0.3, 0.4) is 0 Å². The van der Waals surface area contributed by atoms with Crippen molar-refractivity contribution >= 4 is 17.4 Å². The molecule has 4 rings (SSSR count). The number of ether oxygens (including phenoxy) is 1. The number of aromatic nitrogens is 2. The van der Waals surface area contributed by atoms with Crippen LogP contribution in [0, 0.1) is 6.92 Å². The molecular formula is C27H27N3O4. The van der Waals surface area contributed by atoms with Crippen LogP contribution in [0.5, 0.6) is 5.75 Å². The second-order valence-electron chi connectivity index (χ2n) is 8.57. The minimum Gasteiger partial charge on any atom is -0.507 e. The van der Waals surface area contributed by atoms with Gasteiger partial charge < -0.3 is 14.7 Å². The van der Waals surface area contributed by atoms with Gasteiger partial charge in [-0.25, -0.2) is 0 Å². The standard InChI is InChI=1S/C27H27N3O4/c1-16(2)19-14-20(17(3)13-22(19)34-4)25(31)23-24(21-10-6-8-12-29-21)30(27(33)26(23)32)15-18-9-5-7-11-28-18/h5-14,16,24,31H,15H2,1-4H3/b25-23+. The Bertz CT molecular complexity index is 1250. The van der Waals surface area contributed by atoms with Gasteiger partial charge in [-0.1, -0.05) is 26.0 Å². The molecule has 1 amide bonds. The summed E-state index contributed by atoms with van der Waals surface area (Å²) in [5, 5.41) is 11.5. The Morgan fingerprint density at radius 2 is 1.79 bits per heavy atom. The summed E-state index contributed by atoms with van der Waals surface area (Å²) in [4.78, 5) is 36.6. The normalized spacial score (nSPS) is 17.4. The van der Waals surface area contributed by atoms with E-state index in [0.717, 1.165) is 11.1 Å². The summed E-state index contributed by atoms with van der Waals surface area (Å²) in [6, 6.07) is 13.5. The molecule has 34 heavy (non-hydrogen) atoms. The lowest BCUT2D eigenvalue weighted by Crippen LogP contribution is -2.29. The second-order valence-corrected chi connectivity index (χ2v) is 8.57. The lowest BCUT2D eigenvalue weighted by atomic mass is 9.92. The number of aliphatic hydroxyl groups excluding tert-OH is 1. The highest BCUT2D eigenvalue weighted by atomic mass is 16.5. The van der Waals surface area contributed by atoms with Crippen molar-refractivity contribution in [3.05, 3.63) is 94.6 Å². The number of methoxy groups -OCH3 is 1. The van der Waals surface area contributed by atoms with Crippen LogP contribution in [0.4, 0.5) is 0 Å². The molecule has 0 spiro atoms. The molecule has 0 radical (unpaired) electrons. The number of carbonyl (C=O) groups is 2. The van der Waals surface area contributed by atoms with Crippen LogP contribution in [0.25, 0.3) is 5.76 Å². The first-order valence-electron chi connectivity index (χ1n) is 11.1. The van der Waals surface area contributed by atoms with Crippen molar-refractivity contribution in [3.8, 4) is 5.75 Å². The fourth-order valence-electron chi connectivity index (χ4n) is 4.28. The van der Waals surface area contributed by atoms with Crippen molar-refractivity contribution in [2.75, 3.05) is 7.11 Å². The van der Waals surface area contributed by atoms with E-state index in [1.54, 1.807) is 49.8 Å². The maximum absolute atomic E-state index is 13.3. The van der Waals surface area contributed by atoms with Gasteiger partial charge >= 0.3 is 0 Å². The molecule has 1 aliphatic rings. The van der Waals surface area contributed by atoms with Gasteiger partial charge in [0.1, 0.15) is 17.6 Å². The number of carbonyl (C=O) groups excluding carboxylic acids is 2. The van der Waals surface area contributed by atoms with Crippen LogP contribution in [0.1, 0.15) is 53.9 Å². The van der Waals surface area contributed by atoms with Crippen molar-refractivity contribution in [2.45, 2.75) is 39.3 Å². The summed E-state index contributed by atoms with van der Waals surface area (Å²) >= 11 is 0. The molecular weight excluding hydrogens is 430 g/mol. The number of hydrogen-bond donors (Lipinski definition) is 1. The highest BCUT2D eigenvalue weighted by Gasteiger charge is 2.47. The molecule has 1 aromatic carbocycles. The predicted octanol–water partition coefficient (Wildman–Crippen LogP) is 4.54. The van der Waals surface area contributed by atoms with Crippen LogP contribution in [-0.2, 0) is 16.1 Å². The van der Waals surface area contributed by atoms with Crippen molar-refractivity contribution in [3.63, 3.8) is 0 Å². The van der Waals surface area contributed by atoms with Gasteiger partial charge in [-0.3, -0.25) is 19.6 Å². The third kappa shape index (κ3) is 4.17. The fourth-order valence-corrected chi connectivity index (χ4v) is 4.28. The van der Waals surface area contributed by atoms with E-state index in [4.69, 9.17) is 4.74 Å². The lowest BCUT2D eigenvalue weighted by Gasteiger charge is -2.24. The smallest absolute Gasteiger partial charge is 0.296 e. The van der Waals surface area contributed by atoms with Gasteiger partial charge in [0.15, 0.2) is 0 Å². The summed E-state index contributed by atoms with van der Waals surface area (Å²) in [6.07, 6.45) is 3.24. The van der Waals surface area contributed by atoms with Crippen molar-refractivity contribution < 1.29 is 19.4 Å². The number of amides is 1. The Hall–Kier alpha value is -4.00. The fraction of sp³-hybridized carbons (Fsp3) is 0.259. The van der Waals surface area contributed by atoms with E-state index < -0.39 is 17.7 Å². The second kappa shape index (κ2) is 9.47. The molecule has 7 heteroatoms. The van der Waals surface area contributed by atoms with Gasteiger partial charge in [0.25, 0.3) is 11.7 Å². The van der Waals surface area contributed by atoms with E-state index in [2.05, 4.69) is 9.97 Å². The predicted molar refractivity (Wildman–Crippen MR) is 128 cm³/mol. The summed E-state index contributed by atoms with van der Waals surface area (Å²) in [5.41, 5.74) is 3.26. The van der Waals surface area contributed by atoms with E-state index in [-0.39, 0.29) is 23.8 Å². The maximum Gasteiger partial charge on any atom is 0.296 e. The molecule has 0 saturated carbocycles. The molecule has 0 aliphatic carbocycles. The number of aryl methyl sites for hydroxylation is 1. The quantitative estimate of drug-likeness (QED) is 0.332. The number of benzene rings is 1. The number of aliphatic hydroxyl groups is 1. The molecule has 2 aromatic heterocycles. The summed E-state index contributed by atoms with van der Waals surface area (Å²) in [6.45, 7) is 6.00. The topological polar surface area (TPSA) is 92.6 Å². The van der Waals surface area contributed by atoms with Crippen LogP contribution < -0.4 is 4.74 Å². The molecule has 1 aliphatic heterocycles. The Balaban J connectivity index is 1.90. The van der Waals surface area contributed by atoms with Crippen LogP contribution in [0.15, 0.2) is 66.5 Å². The van der Waals surface area contributed by atoms with E-state index in [9.17, 15) is 14.7 Å². The number of hydrogen-bond acceptors (Lipinski definition) is 6. The lowest BCUT2D eigenvalue weighted by molar-refractivity contribution is -0.140. The van der Waals surface area contributed by atoms with E-state index in [1.807, 2.05) is 39.0 Å². The average molecular weight is 458 g/mol. The van der Waals surface area contributed by atoms with Gasteiger partial charge in [0, 0.05) is 18.0 Å². The van der Waals surface area contributed by atoms with Crippen molar-refractivity contribution in [1.82, 2.24) is 14.9 Å². The Kier molecular flexibility index (Phi) is 6.45. The summed E-state index contributed by atoms with van der Waals surface area (Å²) in [7, 11) is 1.60. The molecule has 1 fully saturated rings. The van der Waals surface area contributed by atoms with E-state index >= 15 is 0 Å². The zero-order valence-electron chi connectivity index (χ0n) is 19.6. The molecule has 3 heterocycles. The number of pyridine rings is 2. The first kappa shape index (κ1) is 23.2. The highest BCUT2D eigenvalue weighted by molar-refractivity contribution is 6.46. The number of Topliss-reactive ketones (excluding diaryl/α,β-unsaturated/α-hetero) is 1. The minimum atomic E-state index is -0.841. The number of rotatable bonds is 6. The zero-order chi connectivity index (χ0) is 24.4. The van der Waals surface area contributed by atoms with Crippen molar-refractivity contribution in [1.29, 1.82) is 0 Å². The SMILES string of the molecule is COc1cc(C)c(/C(O)=C2\C(=O)C(=O)N(Cc3ccccn3)C2c2ccccn2)cc1C(C)C. The Morgan fingerprint density at radius 1 is 1.09 bits per heavy atom. The number of ketones is 1. The van der Waals surface area contributed by atoms with Crippen LogP contribution in [0.2, 0.25) is 0 Å². The molecule has 3 aromatic rings. The van der Waals surface area contributed by atoms with Gasteiger partial charge in [-0.2, -0.15) is 0 Å². The first-order chi connectivity index (χ1) is 16.3. The molecule has 1 unspecified atom stereocenters. The van der Waals surface area contributed by atoms with Gasteiger partial charge in [0.05, 0.1) is 30.6 Å². The van der Waals surface area contributed by atoms with Gasteiger partial charge in [-0.05, 0) is 60.4 Å². The van der Waals surface area contributed by atoms with E-state index in [1.165, 1.54) is 4.90 Å². The molecule has 174 valence electrons. The van der Waals surface area contributed by atoms with Crippen LogP contribution >= 0.6 is 0 Å². The number of nitrogens with zero attached hydrogens (tertiary/aromatic N) is 3. The monoisotopic (exact) mass is 457 g/mol.